The number of piperidine rings is 1. The summed E-state index contributed by atoms with van der Waals surface area (Å²) in [5.41, 5.74) is 1.18. The SMILES string of the molecule is CCNC(=NCCc1csc(C(C)C)n1)N1CC(C)CC(C)C1. The average Bonchev–Trinajstić information content (AvgIpc) is 2.94. The molecular weight excluding hydrogens is 304 g/mol. The van der Waals surface area contributed by atoms with E-state index in [4.69, 9.17) is 9.98 Å². The van der Waals surface area contributed by atoms with Crippen LogP contribution in [0.4, 0.5) is 0 Å². The van der Waals surface area contributed by atoms with Crippen LogP contribution in [0.2, 0.25) is 0 Å². The predicted molar refractivity (Wildman–Crippen MR) is 100 cm³/mol. The third-order valence-corrected chi connectivity index (χ3v) is 5.39. The lowest BCUT2D eigenvalue weighted by Gasteiger charge is -2.37. The molecule has 0 aromatic carbocycles. The number of nitrogens with zero attached hydrogens (tertiary/aromatic N) is 3. The van der Waals surface area contributed by atoms with Crippen LogP contribution in [-0.4, -0.2) is 42.0 Å². The van der Waals surface area contributed by atoms with E-state index in [2.05, 4.69) is 50.2 Å². The smallest absolute Gasteiger partial charge is 0.193 e. The molecule has 0 amide bonds. The van der Waals surface area contributed by atoms with Crippen LogP contribution in [-0.2, 0) is 6.42 Å². The molecular formula is C18H32N4S. The van der Waals surface area contributed by atoms with E-state index in [0.29, 0.717) is 5.92 Å². The summed E-state index contributed by atoms with van der Waals surface area (Å²) in [4.78, 5) is 12.0. The normalized spacial score (nSPS) is 22.7. The second kappa shape index (κ2) is 8.67. The maximum atomic E-state index is 4.85. The van der Waals surface area contributed by atoms with Crippen molar-refractivity contribution >= 4 is 17.3 Å². The topological polar surface area (TPSA) is 40.5 Å². The van der Waals surface area contributed by atoms with Crippen LogP contribution in [0.15, 0.2) is 10.4 Å². The third-order valence-electron chi connectivity index (χ3n) is 4.20. The van der Waals surface area contributed by atoms with Gasteiger partial charge in [-0.3, -0.25) is 4.99 Å². The third kappa shape index (κ3) is 5.48. The molecule has 0 saturated carbocycles. The summed E-state index contributed by atoms with van der Waals surface area (Å²) in [6.45, 7) is 15.2. The Balaban J connectivity index is 1.95. The van der Waals surface area contributed by atoms with Crippen LogP contribution in [0, 0.1) is 11.8 Å². The monoisotopic (exact) mass is 336 g/mol. The minimum absolute atomic E-state index is 0.519. The van der Waals surface area contributed by atoms with Crippen LogP contribution in [0.5, 0.6) is 0 Å². The summed E-state index contributed by atoms with van der Waals surface area (Å²) in [6, 6.07) is 0. The molecule has 1 aromatic heterocycles. The van der Waals surface area contributed by atoms with Gasteiger partial charge >= 0.3 is 0 Å². The highest BCUT2D eigenvalue weighted by Gasteiger charge is 2.23. The van der Waals surface area contributed by atoms with Gasteiger partial charge in [0.25, 0.3) is 0 Å². The minimum atomic E-state index is 0.519. The Morgan fingerprint density at radius 1 is 1.39 bits per heavy atom. The highest BCUT2D eigenvalue weighted by molar-refractivity contribution is 7.09. The van der Waals surface area contributed by atoms with Crippen molar-refractivity contribution in [3.05, 3.63) is 16.1 Å². The van der Waals surface area contributed by atoms with Gasteiger partial charge in [0.2, 0.25) is 0 Å². The maximum Gasteiger partial charge on any atom is 0.193 e. The highest BCUT2D eigenvalue weighted by Crippen LogP contribution is 2.21. The van der Waals surface area contributed by atoms with Gasteiger partial charge < -0.3 is 10.2 Å². The lowest BCUT2D eigenvalue weighted by Crippen LogP contribution is -2.48. The van der Waals surface area contributed by atoms with Crippen molar-refractivity contribution in [2.45, 2.75) is 53.4 Å². The first-order chi connectivity index (χ1) is 11.0. The van der Waals surface area contributed by atoms with Gasteiger partial charge in [0.1, 0.15) is 0 Å². The zero-order valence-corrected chi connectivity index (χ0v) is 16.1. The summed E-state index contributed by atoms with van der Waals surface area (Å²) < 4.78 is 0. The van der Waals surface area contributed by atoms with Crippen molar-refractivity contribution in [2.75, 3.05) is 26.2 Å². The Labute approximate surface area is 145 Å². The Morgan fingerprint density at radius 3 is 2.65 bits per heavy atom. The predicted octanol–water partition coefficient (Wildman–Crippen LogP) is 3.75. The van der Waals surface area contributed by atoms with Crippen molar-refractivity contribution in [2.24, 2.45) is 16.8 Å². The molecule has 2 heterocycles. The number of guanidine groups is 1. The van der Waals surface area contributed by atoms with Crippen molar-refractivity contribution in [3.8, 4) is 0 Å². The summed E-state index contributed by atoms with van der Waals surface area (Å²) in [7, 11) is 0. The van der Waals surface area contributed by atoms with Gasteiger partial charge in [0.05, 0.1) is 10.7 Å². The van der Waals surface area contributed by atoms with Crippen molar-refractivity contribution in [1.29, 1.82) is 0 Å². The van der Waals surface area contributed by atoms with Crippen molar-refractivity contribution in [1.82, 2.24) is 15.2 Å². The van der Waals surface area contributed by atoms with E-state index >= 15 is 0 Å². The molecule has 1 N–H and O–H groups in total. The molecule has 2 atom stereocenters. The molecule has 0 radical (unpaired) electrons. The molecule has 2 rings (SSSR count). The first-order valence-corrected chi connectivity index (χ1v) is 9.85. The van der Waals surface area contributed by atoms with E-state index in [1.165, 1.54) is 17.1 Å². The van der Waals surface area contributed by atoms with Gasteiger partial charge in [-0.15, -0.1) is 11.3 Å². The number of hydrogen-bond donors (Lipinski definition) is 1. The first-order valence-electron chi connectivity index (χ1n) is 8.97. The molecule has 1 saturated heterocycles. The minimum Gasteiger partial charge on any atom is -0.357 e. The molecule has 4 nitrogen and oxygen atoms in total. The zero-order valence-electron chi connectivity index (χ0n) is 15.3. The number of rotatable bonds is 5. The summed E-state index contributed by atoms with van der Waals surface area (Å²) >= 11 is 1.77. The van der Waals surface area contributed by atoms with E-state index in [-0.39, 0.29) is 0 Å². The van der Waals surface area contributed by atoms with Gasteiger partial charge in [-0.2, -0.15) is 0 Å². The van der Waals surface area contributed by atoms with Gasteiger partial charge in [-0.25, -0.2) is 4.98 Å². The second-order valence-corrected chi connectivity index (χ2v) is 8.06. The van der Waals surface area contributed by atoms with Crippen LogP contribution >= 0.6 is 11.3 Å². The van der Waals surface area contributed by atoms with Crippen molar-refractivity contribution < 1.29 is 0 Å². The molecule has 1 aromatic rings. The molecule has 1 aliphatic rings. The molecule has 1 fully saturated rings. The zero-order chi connectivity index (χ0) is 16.8. The first kappa shape index (κ1) is 18.2. The molecule has 23 heavy (non-hydrogen) atoms. The number of aromatic nitrogens is 1. The standard InChI is InChI=1S/C18H32N4S/c1-6-19-18(22-10-14(4)9-15(5)11-22)20-8-7-16-12-23-17(21-16)13(2)3/h12-15H,6-11H2,1-5H3,(H,19,20). The number of thiazole rings is 1. The van der Waals surface area contributed by atoms with Crippen LogP contribution in [0.1, 0.15) is 57.7 Å². The van der Waals surface area contributed by atoms with Gasteiger partial charge in [-0.1, -0.05) is 27.7 Å². The van der Waals surface area contributed by atoms with E-state index in [9.17, 15) is 0 Å². The second-order valence-electron chi connectivity index (χ2n) is 7.17. The molecule has 0 bridgehead atoms. The Hall–Kier alpha value is -1.10. The van der Waals surface area contributed by atoms with E-state index in [1.807, 2.05) is 0 Å². The largest absolute Gasteiger partial charge is 0.357 e. The lowest BCUT2D eigenvalue weighted by molar-refractivity contribution is 0.208. The number of nitrogens with one attached hydrogen (secondary N) is 1. The fraction of sp³-hybridized carbons (Fsp3) is 0.778. The summed E-state index contributed by atoms with van der Waals surface area (Å²) in [5.74, 6) is 3.08. The fourth-order valence-corrected chi connectivity index (χ4v) is 4.11. The van der Waals surface area contributed by atoms with Crippen LogP contribution in [0.3, 0.4) is 0 Å². The van der Waals surface area contributed by atoms with Crippen LogP contribution in [0.25, 0.3) is 0 Å². The highest BCUT2D eigenvalue weighted by atomic mass is 32.1. The van der Waals surface area contributed by atoms with Gasteiger partial charge in [-0.05, 0) is 25.2 Å². The Kier molecular flexibility index (Phi) is 6.88. The Morgan fingerprint density at radius 2 is 2.09 bits per heavy atom. The summed E-state index contributed by atoms with van der Waals surface area (Å²) in [6.07, 6.45) is 2.25. The maximum absolute atomic E-state index is 4.85. The molecule has 5 heteroatoms. The van der Waals surface area contributed by atoms with Crippen LogP contribution < -0.4 is 5.32 Å². The molecule has 1 aliphatic heterocycles. The molecule has 0 spiro atoms. The Bertz CT molecular complexity index is 499. The summed E-state index contributed by atoms with van der Waals surface area (Å²) in [5, 5.41) is 6.88. The quantitative estimate of drug-likeness (QED) is 0.657. The molecule has 130 valence electrons. The van der Waals surface area contributed by atoms with E-state index in [0.717, 1.165) is 50.4 Å². The average molecular weight is 337 g/mol. The number of likely N-dealkylation sites (tertiary alicyclic amines) is 1. The number of hydrogen-bond acceptors (Lipinski definition) is 3. The fourth-order valence-electron chi connectivity index (χ4n) is 3.24. The van der Waals surface area contributed by atoms with Crippen molar-refractivity contribution in [3.63, 3.8) is 0 Å². The van der Waals surface area contributed by atoms with Gasteiger partial charge in [0, 0.05) is 43.9 Å². The molecule has 0 aliphatic carbocycles. The van der Waals surface area contributed by atoms with Gasteiger partial charge in [0.15, 0.2) is 5.96 Å². The number of aliphatic imine (C=N–C) groups is 1. The lowest BCUT2D eigenvalue weighted by atomic mass is 9.92. The van der Waals surface area contributed by atoms with E-state index < -0.39 is 0 Å². The molecule has 2 unspecified atom stereocenters. The van der Waals surface area contributed by atoms with E-state index in [1.54, 1.807) is 11.3 Å².